The van der Waals surface area contributed by atoms with Crippen molar-refractivity contribution in [1.82, 2.24) is 0 Å². The molecule has 1 atom stereocenters. The first-order valence-corrected chi connectivity index (χ1v) is 7.85. The van der Waals surface area contributed by atoms with Gasteiger partial charge < -0.3 is 14.6 Å². The monoisotopic (exact) mass is 348 g/mol. The van der Waals surface area contributed by atoms with Crippen molar-refractivity contribution in [3.05, 3.63) is 0 Å². The molecule has 0 bridgehead atoms. The summed E-state index contributed by atoms with van der Waals surface area (Å²) >= 11 is 14.4. The van der Waals surface area contributed by atoms with Crippen molar-refractivity contribution in [2.24, 2.45) is 5.92 Å². The summed E-state index contributed by atoms with van der Waals surface area (Å²) in [5, 5.41) is 8.93. The molecule has 20 heavy (non-hydrogen) atoms. The Kier molecular flexibility index (Phi) is 17.1. The minimum atomic E-state index is -0.750. The molecule has 1 N–H and O–H groups in total. The molecule has 0 saturated carbocycles. The number of ketones is 1. The van der Waals surface area contributed by atoms with Gasteiger partial charge in [-0.2, -0.15) is 0 Å². The van der Waals surface area contributed by atoms with Crippen LogP contribution < -0.4 is 0 Å². The fourth-order valence-electron chi connectivity index (χ4n) is 1.39. The molecule has 0 aromatic rings. The third kappa shape index (κ3) is 18.0. The molecule has 0 aliphatic heterocycles. The fourth-order valence-corrected chi connectivity index (χ4v) is 1.39. The first kappa shape index (κ1) is 22.3. The molecule has 0 saturated heterocycles. The Balaban J connectivity index is 0. The van der Waals surface area contributed by atoms with E-state index in [1.54, 1.807) is 0 Å². The molecular weight excluding hydrogens is 326 g/mol. The van der Waals surface area contributed by atoms with Crippen LogP contribution in [0, 0.1) is 5.92 Å². The van der Waals surface area contributed by atoms with Crippen LogP contribution in [0.25, 0.3) is 0 Å². The molecule has 0 amide bonds. The van der Waals surface area contributed by atoms with Crippen molar-refractivity contribution >= 4 is 46.6 Å². The Morgan fingerprint density at radius 1 is 1.15 bits per heavy atom. The summed E-state index contributed by atoms with van der Waals surface area (Å²) in [6.45, 7) is 3.57. The molecule has 7 heteroatoms. The zero-order valence-corrected chi connectivity index (χ0v) is 14.2. The molecule has 0 radical (unpaired) electrons. The number of esters is 1. The van der Waals surface area contributed by atoms with Gasteiger partial charge >= 0.3 is 5.97 Å². The SMILES string of the molecule is CCCCCCOC(=O)C(CO)CC(C)=O.ClC(Cl)Cl. The predicted octanol–water partition coefficient (Wildman–Crippen LogP) is 3.68. The quantitative estimate of drug-likeness (QED) is 0.392. The maximum atomic E-state index is 11.4. The zero-order valence-electron chi connectivity index (χ0n) is 11.9. The van der Waals surface area contributed by atoms with E-state index in [4.69, 9.17) is 44.6 Å². The van der Waals surface area contributed by atoms with Crippen LogP contribution in [0.4, 0.5) is 0 Å². The minimum Gasteiger partial charge on any atom is -0.465 e. The van der Waals surface area contributed by atoms with Gasteiger partial charge in [-0.3, -0.25) is 4.79 Å². The van der Waals surface area contributed by atoms with Gasteiger partial charge in [-0.1, -0.05) is 61.0 Å². The highest BCUT2D eigenvalue weighted by molar-refractivity contribution is 6.63. The van der Waals surface area contributed by atoms with Crippen LogP contribution >= 0.6 is 34.8 Å². The van der Waals surface area contributed by atoms with E-state index in [9.17, 15) is 9.59 Å². The number of alkyl halides is 3. The molecule has 0 aliphatic rings. The number of carbonyl (C=O) groups excluding carboxylic acids is 2. The smallest absolute Gasteiger partial charge is 0.311 e. The number of carbonyl (C=O) groups is 2. The molecule has 0 fully saturated rings. The largest absolute Gasteiger partial charge is 0.465 e. The second kappa shape index (κ2) is 15.4. The van der Waals surface area contributed by atoms with E-state index in [0.29, 0.717) is 6.61 Å². The van der Waals surface area contributed by atoms with E-state index in [1.165, 1.54) is 6.92 Å². The average Bonchev–Trinajstić information content (AvgIpc) is 2.34. The summed E-state index contributed by atoms with van der Waals surface area (Å²) in [5.41, 5.74) is 0. The van der Waals surface area contributed by atoms with E-state index < -0.39 is 16.2 Å². The summed E-state index contributed by atoms with van der Waals surface area (Å²) in [5.74, 6) is -1.26. The van der Waals surface area contributed by atoms with Crippen LogP contribution in [0.2, 0.25) is 0 Å². The first-order valence-electron chi connectivity index (χ1n) is 6.54. The summed E-state index contributed by atoms with van der Waals surface area (Å²) in [7, 11) is 0. The highest BCUT2D eigenvalue weighted by Crippen LogP contribution is 2.07. The Morgan fingerprint density at radius 2 is 1.70 bits per heavy atom. The Hall–Kier alpha value is -0.0300. The van der Waals surface area contributed by atoms with E-state index in [0.717, 1.165) is 25.7 Å². The van der Waals surface area contributed by atoms with Gasteiger partial charge in [-0.15, -0.1) is 0 Å². The Labute approximate surface area is 135 Å². The van der Waals surface area contributed by atoms with Gasteiger partial charge in [0.1, 0.15) is 5.78 Å². The molecule has 0 aromatic carbocycles. The summed E-state index contributed by atoms with van der Waals surface area (Å²) in [4.78, 5) is 22.2. The van der Waals surface area contributed by atoms with Crippen molar-refractivity contribution in [2.45, 2.75) is 50.2 Å². The van der Waals surface area contributed by atoms with Crippen LogP contribution in [-0.2, 0) is 14.3 Å². The molecule has 0 aliphatic carbocycles. The lowest BCUT2D eigenvalue weighted by atomic mass is 10.0. The maximum Gasteiger partial charge on any atom is 0.311 e. The van der Waals surface area contributed by atoms with Crippen LogP contribution in [0.1, 0.15) is 46.0 Å². The van der Waals surface area contributed by atoms with Crippen molar-refractivity contribution in [2.75, 3.05) is 13.2 Å². The molecule has 120 valence electrons. The van der Waals surface area contributed by atoms with Crippen LogP contribution in [0.15, 0.2) is 0 Å². The van der Waals surface area contributed by atoms with Crippen LogP contribution in [0.5, 0.6) is 0 Å². The predicted molar refractivity (Wildman–Crippen MR) is 82.3 cm³/mol. The number of Topliss-reactive ketones (excluding diaryl/α,β-unsaturated/α-hetero) is 1. The number of aliphatic hydroxyl groups is 1. The van der Waals surface area contributed by atoms with Gasteiger partial charge in [0.05, 0.1) is 19.1 Å². The molecule has 1 unspecified atom stereocenters. The number of unbranched alkanes of at least 4 members (excludes halogenated alkanes) is 3. The Bertz CT molecular complexity index is 257. The fraction of sp³-hybridized carbons (Fsp3) is 0.846. The number of ether oxygens (including phenoxy) is 1. The van der Waals surface area contributed by atoms with Crippen molar-refractivity contribution in [3.8, 4) is 0 Å². The summed E-state index contributed by atoms with van der Waals surface area (Å²) in [6, 6.07) is 0. The highest BCUT2D eigenvalue weighted by atomic mass is 35.6. The van der Waals surface area contributed by atoms with Crippen LogP contribution in [0.3, 0.4) is 0 Å². The second-order valence-corrected chi connectivity index (χ2v) is 6.24. The van der Waals surface area contributed by atoms with Gasteiger partial charge in [-0.25, -0.2) is 0 Å². The summed E-state index contributed by atoms with van der Waals surface area (Å²) < 4.78 is 4.24. The van der Waals surface area contributed by atoms with E-state index in [-0.39, 0.29) is 18.8 Å². The second-order valence-electron chi connectivity index (χ2n) is 4.26. The highest BCUT2D eigenvalue weighted by Gasteiger charge is 2.20. The van der Waals surface area contributed by atoms with Crippen molar-refractivity contribution in [1.29, 1.82) is 0 Å². The third-order valence-corrected chi connectivity index (χ3v) is 2.33. The lowest BCUT2D eigenvalue weighted by Crippen LogP contribution is -2.23. The Morgan fingerprint density at radius 3 is 2.10 bits per heavy atom. The molecule has 0 spiro atoms. The van der Waals surface area contributed by atoms with Gasteiger partial charge in [0.25, 0.3) is 0 Å². The number of aliphatic hydroxyl groups excluding tert-OH is 1. The van der Waals surface area contributed by atoms with Gasteiger partial charge in [0.15, 0.2) is 4.30 Å². The number of halogens is 3. The zero-order chi connectivity index (χ0) is 16.0. The third-order valence-electron chi connectivity index (χ3n) is 2.33. The molecule has 4 nitrogen and oxygen atoms in total. The molecular formula is C13H23Cl3O4. The summed E-state index contributed by atoms with van der Waals surface area (Å²) in [6.07, 6.45) is 4.22. The van der Waals surface area contributed by atoms with E-state index in [2.05, 4.69) is 6.92 Å². The van der Waals surface area contributed by atoms with Crippen molar-refractivity contribution < 1.29 is 19.4 Å². The lowest BCUT2D eigenvalue weighted by molar-refractivity contribution is -0.151. The van der Waals surface area contributed by atoms with Crippen molar-refractivity contribution in [3.63, 3.8) is 0 Å². The molecule has 0 heterocycles. The minimum absolute atomic E-state index is 0.0598. The van der Waals surface area contributed by atoms with Gasteiger partial charge in [0, 0.05) is 6.42 Å². The maximum absolute atomic E-state index is 11.4. The lowest BCUT2D eigenvalue weighted by Gasteiger charge is -2.11. The molecule has 0 rings (SSSR count). The van der Waals surface area contributed by atoms with Gasteiger partial charge in [-0.05, 0) is 13.3 Å². The standard InChI is InChI=1S/C12H22O4.CHCl3/c1-3-4-5-6-7-16-12(15)11(9-13)8-10(2)14;2-1(3)4/h11,13H,3-9H2,1-2H3;1H. The topological polar surface area (TPSA) is 63.6 Å². The van der Waals surface area contributed by atoms with E-state index >= 15 is 0 Å². The average molecular weight is 350 g/mol. The first-order chi connectivity index (χ1) is 9.34. The van der Waals surface area contributed by atoms with Crippen LogP contribution in [-0.4, -0.2) is 34.4 Å². The number of hydrogen-bond donors (Lipinski definition) is 1. The van der Waals surface area contributed by atoms with E-state index in [1.807, 2.05) is 0 Å². The molecule has 0 aromatic heterocycles. The normalized spacial score (nSPS) is 11.6. The number of hydrogen-bond acceptors (Lipinski definition) is 4. The number of rotatable bonds is 9. The van der Waals surface area contributed by atoms with Gasteiger partial charge in [0.2, 0.25) is 0 Å².